The first-order valence-electron chi connectivity index (χ1n) is 8.73. The number of hydrogen-bond acceptors (Lipinski definition) is 6. The number of aromatic carboxylic acids is 1. The Kier molecular flexibility index (Phi) is 5.56. The molecule has 1 unspecified atom stereocenters. The van der Waals surface area contributed by atoms with E-state index in [1.165, 1.54) is 24.4 Å². The van der Waals surface area contributed by atoms with Gasteiger partial charge in [0.1, 0.15) is 11.4 Å². The minimum Gasteiger partial charge on any atom is -0.543 e. The van der Waals surface area contributed by atoms with Crippen LogP contribution >= 0.6 is 34.8 Å². The number of halogens is 6. The fraction of sp³-hybridized carbons (Fsp3) is 0.158. The van der Waals surface area contributed by atoms with Gasteiger partial charge in [-0.25, -0.2) is 9.67 Å². The first-order valence-corrected chi connectivity index (χ1v) is 9.86. The number of benzene rings is 1. The SMILES string of the molecule is O=C([O-])c1cc(C2=NOC(c3cc(Cl)cc(Cl)c3)(C(F)(F)F)C2)nn1-c1ncccc1Cl. The molecule has 1 aromatic carbocycles. The second kappa shape index (κ2) is 7.95. The van der Waals surface area contributed by atoms with E-state index in [4.69, 9.17) is 39.6 Å². The molecule has 3 aromatic rings. The molecular formula is C19H9Cl3F3N4O3-. The molecule has 2 aromatic heterocycles. The molecule has 7 nitrogen and oxygen atoms in total. The van der Waals surface area contributed by atoms with Crippen molar-refractivity contribution in [3.63, 3.8) is 0 Å². The van der Waals surface area contributed by atoms with E-state index in [1.807, 2.05) is 0 Å². The van der Waals surface area contributed by atoms with Gasteiger partial charge >= 0.3 is 6.18 Å². The summed E-state index contributed by atoms with van der Waals surface area (Å²) in [7, 11) is 0. The van der Waals surface area contributed by atoms with Crippen LogP contribution < -0.4 is 5.11 Å². The molecule has 166 valence electrons. The van der Waals surface area contributed by atoms with Crippen LogP contribution in [0.15, 0.2) is 47.8 Å². The fourth-order valence-corrected chi connectivity index (χ4v) is 3.92. The Labute approximate surface area is 193 Å². The van der Waals surface area contributed by atoms with Crippen LogP contribution in [0, 0.1) is 0 Å². The van der Waals surface area contributed by atoms with Crippen LogP contribution in [0.25, 0.3) is 5.82 Å². The molecular weight excluding hydrogens is 496 g/mol. The number of carbonyl (C=O) groups excluding carboxylic acids is 1. The van der Waals surface area contributed by atoms with Crippen LogP contribution in [0.1, 0.15) is 28.2 Å². The Morgan fingerprint density at radius 1 is 1.16 bits per heavy atom. The van der Waals surface area contributed by atoms with Gasteiger partial charge in [0.2, 0.25) is 0 Å². The number of hydrogen-bond donors (Lipinski definition) is 0. The van der Waals surface area contributed by atoms with Crippen molar-refractivity contribution >= 4 is 46.5 Å². The highest BCUT2D eigenvalue weighted by Crippen LogP contribution is 2.49. The van der Waals surface area contributed by atoms with Gasteiger partial charge in [-0.2, -0.15) is 18.3 Å². The lowest BCUT2D eigenvalue weighted by atomic mass is 9.87. The maximum Gasteiger partial charge on any atom is 0.435 e. The fourth-order valence-electron chi connectivity index (χ4n) is 3.19. The largest absolute Gasteiger partial charge is 0.543 e. The maximum absolute atomic E-state index is 14.1. The summed E-state index contributed by atoms with van der Waals surface area (Å²) < 4.78 is 43.3. The summed E-state index contributed by atoms with van der Waals surface area (Å²) in [6.45, 7) is 0. The number of carboxylic acids is 1. The van der Waals surface area contributed by atoms with Crippen LogP contribution in [0.5, 0.6) is 0 Å². The van der Waals surface area contributed by atoms with Gasteiger partial charge < -0.3 is 14.7 Å². The second-order valence-corrected chi connectivity index (χ2v) is 7.99. The van der Waals surface area contributed by atoms with Gasteiger partial charge in [-0.15, -0.1) is 0 Å². The van der Waals surface area contributed by atoms with E-state index in [2.05, 4.69) is 15.2 Å². The molecule has 0 saturated heterocycles. The zero-order valence-corrected chi connectivity index (χ0v) is 17.8. The Hall–Kier alpha value is -2.82. The Morgan fingerprint density at radius 3 is 2.44 bits per heavy atom. The third kappa shape index (κ3) is 3.78. The summed E-state index contributed by atoms with van der Waals surface area (Å²) in [5.41, 5.74) is -4.20. The number of pyridine rings is 1. The summed E-state index contributed by atoms with van der Waals surface area (Å²) in [6.07, 6.45) is -4.39. The van der Waals surface area contributed by atoms with Crippen molar-refractivity contribution in [1.82, 2.24) is 14.8 Å². The number of nitrogens with zero attached hydrogens (tertiary/aromatic N) is 4. The molecule has 0 radical (unpaired) electrons. The minimum absolute atomic E-state index is 0.0264. The van der Waals surface area contributed by atoms with E-state index in [-0.39, 0.29) is 37.9 Å². The van der Waals surface area contributed by atoms with Crippen molar-refractivity contribution in [2.45, 2.75) is 18.2 Å². The van der Waals surface area contributed by atoms with Gasteiger partial charge in [-0.05, 0) is 36.4 Å². The lowest BCUT2D eigenvalue weighted by molar-refractivity contribution is -0.275. The number of aromatic nitrogens is 3. The van der Waals surface area contributed by atoms with E-state index < -0.39 is 29.9 Å². The molecule has 0 saturated carbocycles. The van der Waals surface area contributed by atoms with Crippen molar-refractivity contribution in [2.75, 3.05) is 0 Å². The highest BCUT2D eigenvalue weighted by atomic mass is 35.5. The van der Waals surface area contributed by atoms with Crippen molar-refractivity contribution in [2.24, 2.45) is 5.16 Å². The first-order chi connectivity index (χ1) is 15.0. The number of oxime groups is 1. The number of rotatable bonds is 4. The Bertz CT molecular complexity index is 1240. The molecule has 32 heavy (non-hydrogen) atoms. The highest BCUT2D eigenvalue weighted by molar-refractivity contribution is 6.34. The highest BCUT2D eigenvalue weighted by Gasteiger charge is 2.62. The smallest absolute Gasteiger partial charge is 0.435 e. The molecule has 0 amide bonds. The van der Waals surface area contributed by atoms with Gasteiger partial charge in [0.05, 0.1) is 23.1 Å². The number of carboxylic acid groups (broad SMARTS) is 1. The van der Waals surface area contributed by atoms with Gasteiger partial charge in [0, 0.05) is 21.8 Å². The predicted molar refractivity (Wildman–Crippen MR) is 107 cm³/mol. The molecule has 0 N–H and O–H groups in total. The lowest BCUT2D eigenvalue weighted by Crippen LogP contribution is -2.42. The van der Waals surface area contributed by atoms with Crippen LogP contribution in [0.4, 0.5) is 13.2 Å². The molecule has 0 fully saturated rings. The standard InChI is InChI=1S/C19H10Cl3F3N4O3/c20-10-4-9(5-11(21)6-10)18(19(23,24)25)8-14(28-32-18)13-7-15(17(30)31)29(27-13)16-12(22)2-1-3-26-16/h1-7H,8H2,(H,30,31)/p-1. The van der Waals surface area contributed by atoms with E-state index in [0.29, 0.717) is 0 Å². The van der Waals surface area contributed by atoms with Crippen LogP contribution in [0.2, 0.25) is 15.1 Å². The van der Waals surface area contributed by atoms with E-state index in [0.717, 1.165) is 22.9 Å². The van der Waals surface area contributed by atoms with Crippen molar-refractivity contribution in [1.29, 1.82) is 0 Å². The van der Waals surface area contributed by atoms with Crippen LogP contribution in [0.3, 0.4) is 0 Å². The summed E-state index contributed by atoms with van der Waals surface area (Å²) >= 11 is 17.8. The monoisotopic (exact) mass is 503 g/mol. The summed E-state index contributed by atoms with van der Waals surface area (Å²) in [5, 5.41) is 19.2. The lowest BCUT2D eigenvalue weighted by Gasteiger charge is -2.29. The summed E-state index contributed by atoms with van der Waals surface area (Å²) in [5.74, 6) is -1.70. The first kappa shape index (κ1) is 22.4. The Balaban J connectivity index is 1.79. The van der Waals surface area contributed by atoms with Gasteiger partial charge in [-0.1, -0.05) is 40.0 Å². The van der Waals surface area contributed by atoms with Crippen LogP contribution in [-0.2, 0) is 10.4 Å². The summed E-state index contributed by atoms with van der Waals surface area (Å²) in [6, 6.07) is 7.37. The molecule has 0 spiro atoms. The zero-order valence-electron chi connectivity index (χ0n) is 15.5. The average molecular weight is 505 g/mol. The maximum atomic E-state index is 14.1. The van der Waals surface area contributed by atoms with E-state index >= 15 is 0 Å². The van der Waals surface area contributed by atoms with Gasteiger partial charge in [0.25, 0.3) is 5.60 Å². The average Bonchev–Trinajstić information content (AvgIpc) is 3.33. The molecule has 1 aliphatic heterocycles. The third-order valence-corrected chi connectivity index (χ3v) is 5.40. The van der Waals surface area contributed by atoms with Crippen molar-refractivity contribution in [3.05, 3.63) is 74.6 Å². The molecule has 1 aliphatic rings. The Morgan fingerprint density at radius 2 is 1.84 bits per heavy atom. The van der Waals surface area contributed by atoms with Gasteiger partial charge in [-0.3, -0.25) is 0 Å². The molecule has 4 rings (SSSR count). The topological polar surface area (TPSA) is 92.4 Å². The molecule has 1 atom stereocenters. The zero-order chi connectivity index (χ0) is 23.3. The van der Waals surface area contributed by atoms with E-state index in [9.17, 15) is 23.1 Å². The quantitative estimate of drug-likeness (QED) is 0.532. The molecule has 3 heterocycles. The molecule has 0 bridgehead atoms. The number of alkyl halides is 3. The third-order valence-electron chi connectivity index (χ3n) is 4.67. The summed E-state index contributed by atoms with van der Waals surface area (Å²) in [4.78, 5) is 20.5. The van der Waals surface area contributed by atoms with Gasteiger partial charge in [0.15, 0.2) is 5.82 Å². The normalized spacial score (nSPS) is 18.4. The van der Waals surface area contributed by atoms with Crippen molar-refractivity contribution < 1.29 is 27.9 Å². The number of carbonyl (C=O) groups is 1. The molecule has 0 aliphatic carbocycles. The minimum atomic E-state index is -4.92. The molecule has 13 heteroatoms. The van der Waals surface area contributed by atoms with Crippen molar-refractivity contribution in [3.8, 4) is 5.82 Å². The van der Waals surface area contributed by atoms with E-state index in [1.54, 1.807) is 0 Å². The van der Waals surface area contributed by atoms with Crippen LogP contribution in [-0.4, -0.2) is 32.6 Å². The predicted octanol–water partition coefficient (Wildman–Crippen LogP) is 4.17. The second-order valence-electron chi connectivity index (χ2n) is 6.71.